The van der Waals surface area contributed by atoms with Crippen LogP contribution in [0.1, 0.15) is 26.3 Å². The highest BCUT2D eigenvalue weighted by Crippen LogP contribution is 2.20. The molecule has 3 rings (SSSR count). The molecular formula is C21H16I2N2O2. The summed E-state index contributed by atoms with van der Waals surface area (Å²) in [6.07, 6.45) is 0. The number of hydrogen-bond donors (Lipinski definition) is 2. The SMILES string of the molecule is Cc1ccccc1C(=O)Nc1cccc(NC(=O)c2cc(I)ccc2I)c1. The van der Waals surface area contributed by atoms with Crippen LogP contribution in [0.3, 0.4) is 0 Å². The van der Waals surface area contributed by atoms with Crippen LogP contribution in [0.4, 0.5) is 11.4 Å². The van der Waals surface area contributed by atoms with E-state index in [2.05, 4.69) is 55.8 Å². The van der Waals surface area contributed by atoms with Crippen LogP contribution < -0.4 is 10.6 Å². The van der Waals surface area contributed by atoms with Crippen molar-refractivity contribution in [2.24, 2.45) is 0 Å². The Morgan fingerprint density at radius 2 is 1.37 bits per heavy atom. The van der Waals surface area contributed by atoms with E-state index in [0.29, 0.717) is 22.5 Å². The van der Waals surface area contributed by atoms with Crippen molar-refractivity contribution in [2.75, 3.05) is 10.6 Å². The van der Waals surface area contributed by atoms with Crippen LogP contribution in [0.15, 0.2) is 66.7 Å². The molecule has 0 aromatic heterocycles. The van der Waals surface area contributed by atoms with Gasteiger partial charge in [-0.15, -0.1) is 0 Å². The highest BCUT2D eigenvalue weighted by molar-refractivity contribution is 14.1. The molecule has 4 nitrogen and oxygen atoms in total. The van der Waals surface area contributed by atoms with E-state index in [1.54, 1.807) is 30.3 Å². The molecule has 0 aliphatic carbocycles. The van der Waals surface area contributed by atoms with E-state index in [1.807, 2.05) is 43.3 Å². The van der Waals surface area contributed by atoms with E-state index in [4.69, 9.17) is 0 Å². The molecule has 0 spiro atoms. The highest BCUT2D eigenvalue weighted by Gasteiger charge is 2.12. The van der Waals surface area contributed by atoms with Crippen LogP contribution >= 0.6 is 45.2 Å². The summed E-state index contributed by atoms with van der Waals surface area (Å²) in [7, 11) is 0. The van der Waals surface area contributed by atoms with Gasteiger partial charge in [0.05, 0.1) is 5.56 Å². The first-order valence-corrected chi connectivity index (χ1v) is 10.3. The van der Waals surface area contributed by atoms with Gasteiger partial charge in [0, 0.05) is 24.1 Å². The lowest BCUT2D eigenvalue weighted by Crippen LogP contribution is -2.15. The maximum Gasteiger partial charge on any atom is 0.256 e. The van der Waals surface area contributed by atoms with Crippen LogP contribution in [0.5, 0.6) is 0 Å². The molecule has 0 radical (unpaired) electrons. The number of aryl methyl sites for hydroxylation is 1. The second kappa shape index (κ2) is 8.83. The van der Waals surface area contributed by atoms with Crippen molar-refractivity contribution in [3.05, 3.63) is 90.6 Å². The van der Waals surface area contributed by atoms with Gasteiger partial charge in [-0.3, -0.25) is 9.59 Å². The van der Waals surface area contributed by atoms with Crippen molar-refractivity contribution in [1.82, 2.24) is 0 Å². The number of amides is 2. The minimum absolute atomic E-state index is 0.177. The normalized spacial score (nSPS) is 10.3. The molecule has 6 heteroatoms. The van der Waals surface area contributed by atoms with Gasteiger partial charge in [-0.05, 0) is 100 Å². The van der Waals surface area contributed by atoms with E-state index in [9.17, 15) is 9.59 Å². The average Bonchev–Trinajstić information content (AvgIpc) is 2.64. The number of carbonyl (C=O) groups is 2. The summed E-state index contributed by atoms with van der Waals surface area (Å²) in [6, 6.07) is 20.3. The third kappa shape index (κ3) is 5.07. The third-order valence-corrected chi connectivity index (χ3v) is 5.55. The lowest BCUT2D eigenvalue weighted by Gasteiger charge is -2.11. The first kappa shape index (κ1) is 19.8. The number of anilines is 2. The van der Waals surface area contributed by atoms with Gasteiger partial charge in [-0.2, -0.15) is 0 Å². The second-order valence-corrected chi connectivity index (χ2v) is 8.34. The molecule has 0 unspecified atom stereocenters. The zero-order chi connectivity index (χ0) is 19.4. The van der Waals surface area contributed by atoms with Crippen molar-refractivity contribution in [2.45, 2.75) is 6.92 Å². The Morgan fingerprint density at radius 3 is 2.04 bits per heavy atom. The quantitative estimate of drug-likeness (QED) is 0.388. The number of halogens is 2. The third-order valence-electron chi connectivity index (χ3n) is 3.94. The molecular weight excluding hydrogens is 566 g/mol. The Labute approximate surface area is 185 Å². The van der Waals surface area contributed by atoms with E-state index >= 15 is 0 Å². The lowest BCUT2D eigenvalue weighted by atomic mass is 10.1. The zero-order valence-electron chi connectivity index (χ0n) is 14.4. The lowest BCUT2D eigenvalue weighted by molar-refractivity contribution is 0.101. The summed E-state index contributed by atoms with van der Waals surface area (Å²) < 4.78 is 1.88. The summed E-state index contributed by atoms with van der Waals surface area (Å²) in [4.78, 5) is 25.1. The molecule has 0 atom stereocenters. The molecule has 3 aromatic carbocycles. The monoisotopic (exact) mass is 582 g/mol. The van der Waals surface area contributed by atoms with Crippen molar-refractivity contribution in [1.29, 1.82) is 0 Å². The molecule has 0 saturated heterocycles. The highest BCUT2D eigenvalue weighted by atomic mass is 127. The van der Waals surface area contributed by atoms with E-state index in [1.165, 1.54) is 0 Å². The van der Waals surface area contributed by atoms with Crippen molar-refractivity contribution >= 4 is 68.4 Å². The molecule has 136 valence electrons. The van der Waals surface area contributed by atoms with Crippen molar-refractivity contribution < 1.29 is 9.59 Å². The first-order valence-electron chi connectivity index (χ1n) is 8.17. The molecule has 2 amide bonds. The van der Waals surface area contributed by atoms with Crippen LogP contribution in [0, 0.1) is 14.1 Å². The van der Waals surface area contributed by atoms with Gasteiger partial charge in [0.25, 0.3) is 11.8 Å². The molecule has 0 heterocycles. The van der Waals surface area contributed by atoms with E-state index in [0.717, 1.165) is 12.7 Å². The average molecular weight is 582 g/mol. The molecule has 0 bridgehead atoms. The van der Waals surface area contributed by atoms with Gasteiger partial charge in [0.2, 0.25) is 0 Å². The minimum atomic E-state index is -0.180. The molecule has 0 aliphatic rings. The maximum absolute atomic E-state index is 12.6. The summed E-state index contributed by atoms with van der Waals surface area (Å²) in [5, 5.41) is 5.77. The number of hydrogen-bond acceptors (Lipinski definition) is 2. The van der Waals surface area contributed by atoms with Crippen molar-refractivity contribution in [3.63, 3.8) is 0 Å². The first-order chi connectivity index (χ1) is 12.9. The summed E-state index contributed by atoms with van der Waals surface area (Å²) in [6.45, 7) is 1.90. The summed E-state index contributed by atoms with van der Waals surface area (Å²) >= 11 is 4.33. The van der Waals surface area contributed by atoms with Crippen LogP contribution in [-0.4, -0.2) is 11.8 Å². The van der Waals surface area contributed by atoms with Crippen LogP contribution in [0.2, 0.25) is 0 Å². The Kier molecular flexibility index (Phi) is 6.48. The van der Waals surface area contributed by atoms with E-state index in [-0.39, 0.29) is 11.8 Å². The van der Waals surface area contributed by atoms with Crippen LogP contribution in [0.25, 0.3) is 0 Å². The summed E-state index contributed by atoms with van der Waals surface area (Å²) in [5.74, 6) is -0.357. The Balaban J connectivity index is 1.76. The standard InChI is InChI=1S/C21H16I2N2O2/c1-13-5-2-3-8-17(13)20(26)24-15-6-4-7-16(12-15)25-21(27)18-11-14(22)9-10-19(18)23/h2-12H,1H3,(H,24,26)(H,25,27). The fourth-order valence-electron chi connectivity index (χ4n) is 2.57. The molecule has 27 heavy (non-hydrogen) atoms. The number of benzene rings is 3. The van der Waals surface area contributed by atoms with E-state index < -0.39 is 0 Å². The molecule has 0 saturated carbocycles. The number of carbonyl (C=O) groups excluding carboxylic acids is 2. The summed E-state index contributed by atoms with van der Waals surface area (Å²) in [5.41, 5.74) is 3.40. The topological polar surface area (TPSA) is 58.2 Å². The fourth-order valence-corrected chi connectivity index (χ4v) is 3.64. The van der Waals surface area contributed by atoms with Gasteiger partial charge in [-0.25, -0.2) is 0 Å². The second-order valence-electron chi connectivity index (χ2n) is 5.93. The fraction of sp³-hybridized carbons (Fsp3) is 0.0476. The smallest absolute Gasteiger partial charge is 0.256 e. The minimum Gasteiger partial charge on any atom is -0.322 e. The van der Waals surface area contributed by atoms with Gasteiger partial charge >= 0.3 is 0 Å². The predicted molar refractivity (Wildman–Crippen MR) is 125 cm³/mol. The molecule has 0 aliphatic heterocycles. The van der Waals surface area contributed by atoms with Crippen LogP contribution in [-0.2, 0) is 0 Å². The zero-order valence-corrected chi connectivity index (χ0v) is 18.7. The van der Waals surface area contributed by atoms with Gasteiger partial charge < -0.3 is 10.6 Å². The van der Waals surface area contributed by atoms with Gasteiger partial charge in [0.15, 0.2) is 0 Å². The predicted octanol–water partition coefficient (Wildman–Crippen LogP) is 5.71. The Bertz CT molecular complexity index is 1020. The molecule has 3 aromatic rings. The Morgan fingerprint density at radius 1 is 0.741 bits per heavy atom. The van der Waals surface area contributed by atoms with Crippen molar-refractivity contribution in [3.8, 4) is 0 Å². The number of nitrogens with one attached hydrogen (secondary N) is 2. The Hall–Kier alpha value is -1.94. The maximum atomic E-state index is 12.6. The van der Waals surface area contributed by atoms with Gasteiger partial charge in [0.1, 0.15) is 0 Å². The van der Waals surface area contributed by atoms with Gasteiger partial charge in [-0.1, -0.05) is 24.3 Å². The largest absolute Gasteiger partial charge is 0.322 e. The molecule has 0 fully saturated rings. The molecule has 2 N–H and O–H groups in total. The number of rotatable bonds is 4.